The van der Waals surface area contributed by atoms with Crippen molar-refractivity contribution < 1.29 is 33.4 Å². The number of cyclic esters (lactones) is 1. The zero-order valence-electron chi connectivity index (χ0n) is 41.1. The minimum atomic E-state index is -1.04. The Morgan fingerprint density at radius 2 is 1.76 bits per heavy atom. The van der Waals surface area contributed by atoms with E-state index in [1.807, 2.05) is 53.1 Å². The maximum atomic E-state index is 14.7. The highest BCUT2D eigenvalue weighted by Crippen LogP contribution is 2.42. The molecule has 0 aliphatic carbocycles. The number of hydrogen-bond acceptors (Lipinski definition) is 10. The quantitative estimate of drug-likeness (QED) is 0.181. The highest BCUT2D eigenvalue weighted by atomic mass is 16.5. The number of esters is 1. The molecule has 3 aliphatic heterocycles. The fourth-order valence-electron chi connectivity index (χ4n) is 10.2. The number of ether oxygens (including phenoxy) is 2. The van der Waals surface area contributed by atoms with Gasteiger partial charge >= 0.3 is 5.97 Å². The van der Waals surface area contributed by atoms with Crippen LogP contribution in [0.25, 0.3) is 33.3 Å². The molecule has 5 atom stereocenters. The Bertz CT molecular complexity index is 2480. The van der Waals surface area contributed by atoms with Crippen LogP contribution < -0.4 is 10.7 Å². The van der Waals surface area contributed by atoms with E-state index in [-0.39, 0.29) is 43.4 Å². The van der Waals surface area contributed by atoms with Crippen molar-refractivity contribution in [1.29, 1.82) is 0 Å². The fraction of sp³-hybridized carbons (Fsp3) is 0.538. The number of amides is 4. The van der Waals surface area contributed by atoms with E-state index in [1.54, 1.807) is 30.2 Å². The molecule has 7 rings (SSSR count). The molecule has 67 heavy (non-hydrogen) atoms. The molecule has 1 unspecified atom stereocenters. The molecular formula is C52H70N8O7. The zero-order valence-corrected chi connectivity index (χ0v) is 41.1. The number of hydrogen-bond donors (Lipinski definition) is 2. The predicted molar refractivity (Wildman–Crippen MR) is 258 cm³/mol. The molecule has 360 valence electrons. The molecule has 2 saturated heterocycles. The van der Waals surface area contributed by atoms with E-state index >= 15 is 0 Å². The van der Waals surface area contributed by atoms with Gasteiger partial charge in [0.05, 0.1) is 36.6 Å². The van der Waals surface area contributed by atoms with E-state index in [4.69, 9.17) is 14.5 Å². The number of methoxy groups -OCH3 is 1. The summed E-state index contributed by atoms with van der Waals surface area (Å²) in [4.78, 5) is 79.9. The summed E-state index contributed by atoms with van der Waals surface area (Å²) < 4.78 is 14.3. The van der Waals surface area contributed by atoms with Gasteiger partial charge in [0.25, 0.3) is 5.91 Å². The van der Waals surface area contributed by atoms with E-state index in [0.717, 1.165) is 50.1 Å². The van der Waals surface area contributed by atoms with Crippen molar-refractivity contribution in [3.63, 3.8) is 0 Å². The molecule has 3 aliphatic rings. The van der Waals surface area contributed by atoms with Crippen LogP contribution in [0.2, 0.25) is 0 Å². The van der Waals surface area contributed by atoms with Gasteiger partial charge in [-0.25, -0.2) is 5.43 Å². The Balaban J connectivity index is 1.27. The summed E-state index contributed by atoms with van der Waals surface area (Å²) >= 11 is 0. The van der Waals surface area contributed by atoms with Crippen LogP contribution in [0.5, 0.6) is 0 Å². The molecule has 0 spiro atoms. The van der Waals surface area contributed by atoms with Crippen molar-refractivity contribution in [3.8, 4) is 22.4 Å². The smallest absolute Gasteiger partial charge is 0.324 e. The van der Waals surface area contributed by atoms with Gasteiger partial charge in [-0.1, -0.05) is 58.0 Å². The first-order chi connectivity index (χ1) is 31.9. The Labute approximate surface area is 395 Å². The van der Waals surface area contributed by atoms with Crippen LogP contribution in [-0.4, -0.2) is 138 Å². The molecule has 2 N–H and O–H groups in total. The number of nitrogens with one attached hydrogen (secondary N) is 2. The lowest BCUT2D eigenvalue weighted by Gasteiger charge is -2.37. The monoisotopic (exact) mass is 919 g/mol. The molecule has 6 bridgehead atoms. The van der Waals surface area contributed by atoms with E-state index in [2.05, 4.69) is 72.5 Å². The van der Waals surface area contributed by atoms with Crippen LogP contribution >= 0.6 is 0 Å². The van der Waals surface area contributed by atoms with Gasteiger partial charge in [0, 0.05) is 74.8 Å². The number of nitrogens with zero attached hydrogens (tertiary/aromatic N) is 6. The van der Waals surface area contributed by atoms with Crippen LogP contribution in [0, 0.1) is 17.3 Å². The maximum Gasteiger partial charge on any atom is 0.324 e. The maximum absolute atomic E-state index is 14.7. The number of hydrazine groups is 1. The van der Waals surface area contributed by atoms with Crippen LogP contribution in [-0.2, 0) is 52.8 Å². The minimum absolute atomic E-state index is 0.0391. The first-order valence-electron chi connectivity index (χ1n) is 23.9. The first kappa shape index (κ1) is 49.3. The number of carbonyl (C=O) groups excluding carboxylic acids is 5. The van der Waals surface area contributed by atoms with Crippen LogP contribution in [0.15, 0.2) is 60.8 Å². The molecular weight excluding hydrogens is 849 g/mol. The number of rotatable bonds is 11. The van der Waals surface area contributed by atoms with Crippen LogP contribution in [0.1, 0.15) is 83.7 Å². The molecule has 2 aromatic heterocycles. The van der Waals surface area contributed by atoms with Crippen molar-refractivity contribution in [3.05, 3.63) is 77.6 Å². The molecule has 4 aromatic rings. The van der Waals surface area contributed by atoms with E-state index in [1.165, 1.54) is 9.91 Å². The number of likely N-dealkylation sites (N-methyl/N-ethyl adjacent to an activating group) is 2. The van der Waals surface area contributed by atoms with Crippen molar-refractivity contribution >= 4 is 40.5 Å². The van der Waals surface area contributed by atoms with Gasteiger partial charge in [-0.15, -0.1) is 0 Å². The molecule has 0 radical (unpaired) electrons. The standard InChI is InChI=1S/C52H70N8O7/c1-11-59-43-20-19-36-27-39(43)40(47(59)38-17-13-22-53-45(38)33(4)66-10)28-52(5,6)31-67-51(65)41-18-14-23-60(55-41)50(64)42(26-34-15-12-16-35(36)25-34)54-48(62)46(32(2)3)57(9)49(63)37-21-24-58(29-37)44(61)30-56(7)8/h12-13,15-17,19-20,22,25,27,32-33,37,41-42,46,55H,11,14,18,21,23-24,26,28-31H2,1-10H3,(H,54,62)/t33-,37-,41-,42-,46?/m0/s1. The predicted octanol–water partition coefficient (Wildman–Crippen LogP) is 5.64. The second-order valence-electron chi connectivity index (χ2n) is 20.0. The van der Waals surface area contributed by atoms with Gasteiger partial charge in [-0.3, -0.25) is 34.0 Å². The Morgan fingerprint density at radius 1 is 1.00 bits per heavy atom. The molecule has 2 fully saturated rings. The van der Waals surface area contributed by atoms with E-state index in [9.17, 15) is 24.0 Å². The lowest BCUT2D eigenvalue weighted by molar-refractivity contribution is -0.155. The van der Waals surface area contributed by atoms with Gasteiger partial charge in [0.15, 0.2) is 0 Å². The minimum Gasteiger partial charge on any atom is -0.464 e. The molecule has 4 amide bonds. The number of aryl methyl sites for hydroxylation is 1. The molecule has 15 heteroatoms. The number of benzene rings is 2. The Hall–Kier alpha value is -5.64. The topological polar surface area (TPSA) is 159 Å². The largest absolute Gasteiger partial charge is 0.464 e. The summed E-state index contributed by atoms with van der Waals surface area (Å²) in [5, 5.41) is 5.60. The molecule has 2 aromatic carbocycles. The third-order valence-corrected chi connectivity index (χ3v) is 13.6. The number of aromatic nitrogens is 2. The SMILES string of the molecule is CCn1c(-c2cccnc2[C@H](C)OC)c2c3cc(ccc31)-c1cccc(c1)C[C@H](NC(=O)C(C(C)C)N(C)C(=O)[C@H]1CCN(C(=O)CN(C)C)C1)C(=O)N1CCC[C@H](N1)C(=O)OCC(C)(C)C2. The third kappa shape index (κ3) is 10.7. The summed E-state index contributed by atoms with van der Waals surface area (Å²) in [6.45, 7) is 14.3. The Morgan fingerprint density at radius 3 is 2.48 bits per heavy atom. The average Bonchev–Trinajstić information content (AvgIpc) is 3.92. The summed E-state index contributed by atoms with van der Waals surface area (Å²) in [5.74, 6) is -2.29. The van der Waals surface area contributed by atoms with Gasteiger partial charge in [-0.2, -0.15) is 0 Å². The number of fused-ring (bicyclic) bond motifs is 6. The van der Waals surface area contributed by atoms with Gasteiger partial charge in [0.1, 0.15) is 18.1 Å². The number of carbonyl (C=O) groups is 5. The normalized spacial score (nSPS) is 21.0. The third-order valence-electron chi connectivity index (χ3n) is 13.6. The summed E-state index contributed by atoms with van der Waals surface area (Å²) in [7, 11) is 6.99. The average molecular weight is 919 g/mol. The zero-order chi connectivity index (χ0) is 48.3. The summed E-state index contributed by atoms with van der Waals surface area (Å²) in [6.07, 6.45) is 3.82. The number of pyridine rings is 1. The van der Waals surface area contributed by atoms with Crippen molar-refractivity contribution in [2.24, 2.45) is 17.3 Å². The highest BCUT2D eigenvalue weighted by molar-refractivity contribution is 5.96. The number of likely N-dealkylation sites (tertiary alicyclic amines) is 1. The van der Waals surface area contributed by atoms with Crippen LogP contribution in [0.3, 0.4) is 0 Å². The molecule has 15 nitrogen and oxygen atoms in total. The molecule has 5 heterocycles. The van der Waals surface area contributed by atoms with E-state index in [0.29, 0.717) is 51.9 Å². The van der Waals surface area contributed by atoms with Gasteiger partial charge in [-0.05, 0) is 106 Å². The van der Waals surface area contributed by atoms with Gasteiger partial charge < -0.3 is 34.1 Å². The summed E-state index contributed by atoms with van der Waals surface area (Å²) in [5.41, 5.74) is 10.5. The van der Waals surface area contributed by atoms with Crippen molar-refractivity contribution in [2.45, 2.75) is 104 Å². The first-order valence-corrected chi connectivity index (χ1v) is 23.9. The second-order valence-corrected chi connectivity index (χ2v) is 20.0. The van der Waals surface area contributed by atoms with Gasteiger partial charge in [0.2, 0.25) is 17.7 Å². The lowest BCUT2D eigenvalue weighted by Crippen LogP contribution is -2.62. The lowest BCUT2D eigenvalue weighted by atomic mass is 9.84. The second kappa shape index (κ2) is 20.7. The van der Waals surface area contributed by atoms with E-state index < -0.39 is 47.2 Å². The van der Waals surface area contributed by atoms with Crippen molar-refractivity contribution in [2.75, 3.05) is 61.0 Å². The highest BCUT2D eigenvalue weighted by Gasteiger charge is 2.40. The fourth-order valence-corrected chi connectivity index (χ4v) is 10.2. The van der Waals surface area contributed by atoms with Crippen molar-refractivity contribution in [1.82, 2.24) is 40.0 Å². The Kier molecular flexibility index (Phi) is 15.2. The molecule has 0 saturated carbocycles. The van der Waals surface area contributed by atoms with Crippen LogP contribution in [0.4, 0.5) is 0 Å². The summed E-state index contributed by atoms with van der Waals surface area (Å²) in [6, 6.07) is 15.9.